The molecule has 1 atom stereocenters. The van der Waals surface area contributed by atoms with Crippen LogP contribution in [0.1, 0.15) is 18.2 Å². The van der Waals surface area contributed by atoms with E-state index in [2.05, 4.69) is 4.98 Å². The van der Waals surface area contributed by atoms with Crippen molar-refractivity contribution in [2.75, 3.05) is 6.61 Å². The van der Waals surface area contributed by atoms with Gasteiger partial charge >= 0.3 is 0 Å². The van der Waals surface area contributed by atoms with Crippen LogP contribution in [0.2, 0.25) is 5.02 Å². The van der Waals surface area contributed by atoms with E-state index < -0.39 is 11.4 Å². The second-order valence-electron chi connectivity index (χ2n) is 5.19. The molecule has 1 unspecified atom stereocenters. The van der Waals surface area contributed by atoms with Gasteiger partial charge in [0.1, 0.15) is 23.7 Å². The van der Waals surface area contributed by atoms with Crippen LogP contribution in [0.15, 0.2) is 24.3 Å². The molecule has 0 aliphatic carbocycles. The largest absolute Gasteiger partial charge is 0.488 e. The Bertz CT molecular complexity index is 718. The molecule has 0 fully saturated rings. The molecule has 1 aromatic carbocycles. The fourth-order valence-electron chi connectivity index (χ4n) is 2.34. The second-order valence-corrected chi connectivity index (χ2v) is 5.60. The summed E-state index contributed by atoms with van der Waals surface area (Å²) >= 11 is 5.80. The topological polar surface area (TPSA) is 62.6 Å². The lowest BCUT2D eigenvalue weighted by molar-refractivity contribution is 0.0349. The molecule has 2 N–H and O–H groups in total. The first-order valence-electron chi connectivity index (χ1n) is 6.38. The Labute approximate surface area is 125 Å². The number of nitrogens with zero attached hydrogens (tertiary/aromatic N) is 1. The maximum Gasteiger partial charge on any atom is 0.151 e. The summed E-state index contributed by atoms with van der Waals surface area (Å²) in [5.41, 5.74) is 0.787. The minimum atomic E-state index is -1.15. The minimum Gasteiger partial charge on any atom is -0.488 e. The highest BCUT2D eigenvalue weighted by Crippen LogP contribution is 2.43. The van der Waals surface area contributed by atoms with Crippen LogP contribution in [0.4, 0.5) is 4.39 Å². The van der Waals surface area contributed by atoms with E-state index in [0.717, 1.165) is 0 Å². The summed E-state index contributed by atoms with van der Waals surface area (Å²) in [6.45, 7) is 1.45. The maximum absolute atomic E-state index is 13.3. The molecule has 6 heteroatoms. The fraction of sp³-hybridized carbons (Fsp3) is 0.267. The van der Waals surface area contributed by atoms with E-state index in [9.17, 15) is 14.6 Å². The van der Waals surface area contributed by atoms with Crippen LogP contribution < -0.4 is 4.74 Å². The van der Waals surface area contributed by atoms with Gasteiger partial charge in [0.15, 0.2) is 5.75 Å². The van der Waals surface area contributed by atoms with Gasteiger partial charge in [-0.1, -0.05) is 11.6 Å². The molecule has 1 aromatic heterocycles. The van der Waals surface area contributed by atoms with E-state index in [1.807, 2.05) is 0 Å². The third-order valence-corrected chi connectivity index (χ3v) is 3.75. The summed E-state index contributed by atoms with van der Waals surface area (Å²) in [4.78, 5) is 4.30. The lowest BCUT2D eigenvalue weighted by Crippen LogP contribution is -2.22. The highest BCUT2D eigenvalue weighted by atomic mass is 35.5. The van der Waals surface area contributed by atoms with Gasteiger partial charge in [0.05, 0.1) is 17.3 Å². The average Bonchev–Trinajstić information content (AvgIpc) is 2.77. The first-order chi connectivity index (χ1) is 9.92. The monoisotopic (exact) mass is 309 g/mol. The van der Waals surface area contributed by atoms with Crippen molar-refractivity contribution >= 4 is 11.6 Å². The van der Waals surface area contributed by atoms with Crippen molar-refractivity contribution in [3.8, 4) is 17.0 Å². The molecular weight excluding hydrogens is 297 g/mol. The zero-order valence-corrected chi connectivity index (χ0v) is 12.0. The van der Waals surface area contributed by atoms with Crippen molar-refractivity contribution in [3.05, 3.63) is 46.4 Å². The van der Waals surface area contributed by atoms with Crippen molar-refractivity contribution in [1.29, 1.82) is 0 Å². The number of halogens is 2. The third kappa shape index (κ3) is 2.37. The van der Waals surface area contributed by atoms with E-state index in [1.54, 1.807) is 13.0 Å². The highest BCUT2D eigenvalue weighted by molar-refractivity contribution is 6.31. The molecule has 0 amide bonds. The van der Waals surface area contributed by atoms with Crippen molar-refractivity contribution in [2.45, 2.75) is 19.1 Å². The number of hydrogen-bond acceptors (Lipinski definition) is 4. The standard InChI is InChI=1S/C15H13ClFNO3/c1-15(20)7-21-14-10(15)5-9(6-19)18-13(14)8-2-3-12(17)11(16)4-8/h2-5,19-20H,6-7H2,1H3. The molecule has 2 aromatic rings. The normalized spacial score (nSPS) is 20.2. The molecule has 110 valence electrons. The number of aromatic nitrogens is 1. The van der Waals surface area contributed by atoms with E-state index in [0.29, 0.717) is 28.3 Å². The van der Waals surface area contributed by atoms with E-state index in [-0.39, 0.29) is 18.2 Å². The fourth-order valence-corrected chi connectivity index (χ4v) is 2.52. The molecule has 0 saturated heterocycles. The molecule has 0 saturated carbocycles. The Morgan fingerprint density at radius 2 is 2.19 bits per heavy atom. The van der Waals surface area contributed by atoms with Gasteiger partial charge < -0.3 is 14.9 Å². The number of hydrogen-bond donors (Lipinski definition) is 2. The average molecular weight is 310 g/mol. The summed E-state index contributed by atoms with van der Waals surface area (Å²) in [5, 5.41) is 19.6. The van der Waals surface area contributed by atoms with Crippen LogP contribution in [-0.2, 0) is 12.2 Å². The number of rotatable bonds is 2. The van der Waals surface area contributed by atoms with E-state index in [4.69, 9.17) is 16.3 Å². The van der Waals surface area contributed by atoms with Gasteiger partial charge in [-0.2, -0.15) is 0 Å². The molecule has 0 bridgehead atoms. The molecule has 4 nitrogen and oxygen atoms in total. The Hall–Kier alpha value is -1.69. The van der Waals surface area contributed by atoms with Crippen LogP contribution in [0.3, 0.4) is 0 Å². The summed E-state index contributed by atoms with van der Waals surface area (Å²) in [7, 11) is 0. The van der Waals surface area contributed by atoms with Gasteiger partial charge in [-0.15, -0.1) is 0 Å². The Balaban J connectivity index is 2.23. The van der Waals surface area contributed by atoms with Gasteiger partial charge in [-0.25, -0.2) is 9.37 Å². The maximum atomic E-state index is 13.3. The summed E-state index contributed by atoms with van der Waals surface area (Å²) < 4.78 is 18.8. The van der Waals surface area contributed by atoms with Crippen LogP contribution in [0.5, 0.6) is 5.75 Å². The molecule has 0 radical (unpaired) electrons. The molecule has 0 spiro atoms. The van der Waals surface area contributed by atoms with E-state index >= 15 is 0 Å². The molecule has 1 aliphatic rings. The van der Waals surface area contributed by atoms with Crippen molar-refractivity contribution in [2.24, 2.45) is 0 Å². The van der Waals surface area contributed by atoms with Crippen molar-refractivity contribution in [1.82, 2.24) is 4.98 Å². The van der Waals surface area contributed by atoms with E-state index in [1.165, 1.54) is 18.2 Å². The number of fused-ring (bicyclic) bond motifs is 1. The quantitative estimate of drug-likeness (QED) is 0.895. The summed E-state index contributed by atoms with van der Waals surface area (Å²) in [6.07, 6.45) is 0. The second kappa shape index (κ2) is 4.94. The van der Waals surface area contributed by atoms with Gasteiger partial charge in [-0.05, 0) is 31.2 Å². The smallest absolute Gasteiger partial charge is 0.151 e. The van der Waals surface area contributed by atoms with Crippen LogP contribution in [-0.4, -0.2) is 21.8 Å². The van der Waals surface area contributed by atoms with Crippen LogP contribution in [0.25, 0.3) is 11.3 Å². The first kappa shape index (κ1) is 14.3. The zero-order chi connectivity index (χ0) is 15.2. The Morgan fingerprint density at radius 3 is 2.86 bits per heavy atom. The number of ether oxygens (including phenoxy) is 1. The van der Waals surface area contributed by atoms with Crippen molar-refractivity contribution < 1.29 is 19.3 Å². The Kier molecular flexibility index (Phi) is 3.36. The zero-order valence-electron chi connectivity index (χ0n) is 11.2. The number of pyridine rings is 1. The lowest BCUT2D eigenvalue weighted by atomic mass is 9.96. The Morgan fingerprint density at radius 1 is 1.43 bits per heavy atom. The predicted octanol–water partition coefficient (Wildman–Crippen LogP) is 2.63. The summed E-state index contributed by atoms with van der Waals surface area (Å²) in [6, 6.07) is 5.82. The number of aliphatic hydroxyl groups excluding tert-OH is 1. The third-order valence-electron chi connectivity index (χ3n) is 3.46. The van der Waals surface area contributed by atoms with Gasteiger partial charge in [0, 0.05) is 11.1 Å². The molecule has 1 aliphatic heterocycles. The SMILES string of the molecule is CC1(O)COc2c1cc(CO)nc2-c1ccc(F)c(Cl)c1. The molecular formula is C15H13ClFNO3. The predicted molar refractivity (Wildman–Crippen MR) is 75.6 cm³/mol. The van der Waals surface area contributed by atoms with Gasteiger partial charge in [-0.3, -0.25) is 0 Å². The van der Waals surface area contributed by atoms with Gasteiger partial charge in [0.2, 0.25) is 0 Å². The lowest BCUT2D eigenvalue weighted by Gasteiger charge is -2.15. The van der Waals surface area contributed by atoms with Crippen LogP contribution in [0, 0.1) is 5.82 Å². The van der Waals surface area contributed by atoms with Gasteiger partial charge in [0.25, 0.3) is 0 Å². The highest BCUT2D eigenvalue weighted by Gasteiger charge is 2.37. The summed E-state index contributed by atoms with van der Waals surface area (Å²) in [5.74, 6) is -0.0943. The minimum absolute atomic E-state index is 0.0257. The number of benzene rings is 1. The molecule has 2 heterocycles. The molecule has 3 rings (SSSR count). The van der Waals surface area contributed by atoms with Crippen molar-refractivity contribution in [3.63, 3.8) is 0 Å². The van der Waals surface area contributed by atoms with Crippen LogP contribution >= 0.6 is 11.6 Å². The first-order valence-corrected chi connectivity index (χ1v) is 6.76. The molecule has 21 heavy (non-hydrogen) atoms. The number of aliphatic hydroxyl groups is 2.